The molecule has 0 aliphatic carbocycles. The Morgan fingerprint density at radius 1 is 1.26 bits per heavy atom. The summed E-state index contributed by atoms with van der Waals surface area (Å²) in [4.78, 5) is 25.6. The number of aryl methyl sites for hydroxylation is 1. The van der Waals surface area contributed by atoms with E-state index in [2.05, 4.69) is 29.5 Å². The van der Waals surface area contributed by atoms with Gasteiger partial charge in [0.05, 0.1) is 23.6 Å². The van der Waals surface area contributed by atoms with Gasteiger partial charge in [-0.15, -0.1) is 0 Å². The highest BCUT2D eigenvalue weighted by Gasteiger charge is 2.34. The van der Waals surface area contributed by atoms with E-state index in [4.69, 9.17) is 9.72 Å². The van der Waals surface area contributed by atoms with Crippen LogP contribution in [0, 0.1) is 24.1 Å². The molecule has 0 bridgehead atoms. The SMILES string of the molecule is C=CC(=O)N1CCN(c2c(C#N)c(OCC3CCCN3C)nc3c2CCN(c2c(C)cccc2F)C3)CC1C. The fourth-order valence-electron chi connectivity index (χ4n) is 6.27. The number of halogens is 1. The van der Waals surface area contributed by atoms with Crippen molar-refractivity contribution in [3.8, 4) is 11.9 Å². The minimum atomic E-state index is -0.245. The molecule has 39 heavy (non-hydrogen) atoms. The minimum Gasteiger partial charge on any atom is -0.475 e. The number of nitrogens with zero attached hydrogens (tertiary/aromatic N) is 6. The zero-order chi connectivity index (χ0) is 27.7. The molecule has 2 saturated heterocycles. The van der Waals surface area contributed by atoms with E-state index in [0.29, 0.717) is 62.9 Å². The first kappa shape index (κ1) is 26.9. The van der Waals surface area contributed by atoms with Crippen LogP contribution in [0.15, 0.2) is 30.9 Å². The maximum atomic E-state index is 14.9. The lowest BCUT2D eigenvalue weighted by Crippen LogP contribution is -2.54. The second-order valence-electron chi connectivity index (χ2n) is 10.9. The van der Waals surface area contributed by atoms with Gasteiger partial charge < -0.3 is 24.3 Å². The summed E-state index contributed by atoms with van der Waals surface area (Å²) in [6.45, 7) is 11.8. The summed E-state index contributed by atoms with van der Waals surface area (Å²) < 4.78 is 21.2. The minimum absolute atomic E-state index is 0.0442. The number of hydrogen-bond donors (Lipinski definition) is 0. The van der Waals surface area contributed by atoms with E-state index in [1.165, 1.54) is 12.1 Å². The molecule has 1 aromatic carbocycles. The fourth-order valence-corrected chi connectivity index (χ4v) is 6.27. The van der Waals surface area contributed by atoms with Crippen LogP contribution in [0.4, 0.5) is 15.8 Å². The Balaban J connectivity index is 1.53. The van der Waals surface area contributed by atoms with Crippen molar-refractivity contribution in [2.75, 3.05) is 56.2 Å². The van der Waals surface area contributed by atoms with Gasteiger partial charge in [-0.3, -0.25) is 4.79 Å². The molecule has 8 nitrogen and oxygen atoms in total. The van der Waals surface area contributed by atoms with E-state index in [-0.39, 0.29) is 23.8 Å². The number of fused-ring (bicyclic) bond motifs is 1. The molecular formula is C30H37FN6O2. The second kappa shape index (κ2) is 11.2. The number of hydrogen-bond acceptors (Lipinski definition) is 7. The normalized spacial score (nSPS) is 21.5. The highest BCUT2D eigenvalue weighted by molar-refractivity contribution is 5.87. The van der Waals surface area contributed by atoms with E-state index < -0.39 is 0 Å². The van der Waals surface area contributed by atoms with Gasteiger partial charge in [0.1, 0.15) is 24.1 Å². The first-order valence-corrected chi connectivity index (χ1v) is 13.8. The molecule has 2 atom stereocenters. The second-order valence-corrected chi connectivity index (χ2v) is 10.9. The Bertz CT molecular complexity index is 1290. The number of pyridine rings is 1. The van der Waals surface area contributed by atoms with Crippen molar-refractivity contribution in [1.29, 1.82) is 5.26 Å². The molecule has 2 aromatic rings. The Morgan fingerprint density at radius 2 is 2.08 bits per heavy atom. The summed E-state index contributed by atoms with van der Waals surface area (Å²) >= 11 is 0. The first-order valence-electron chi connectivity index (χ1n) is 13.8. The number of anilines is 2. The molecule has 2 unspecified atom stereocenters. The number of carbonyl (C=O) groups is 1. The van der Waals surface area contributed by atoms with E-state index in [9.17, 15) is 14.4 Å². The van der Waals surface area contributed by atoms with E-state index in [1.807, 2.05) is 29.7 Å². The van der Waals surface area contributed by atoms with Gasteiger partial charge in [0, 0.05) is 43.8 Å². The van der Waals surface area contributed by atoms with Crippen molar-refractivity contribution in [1.82, 2.24) is 14.8 Å². The number of nitriles is 1. The average Bonchev–Trinajstić information content (AvgIpc) is 3.34. The third kappa shape index (κ3) is 5.18. The predicted molar refractivity (Wildman–Crippen MR) is 150 cm³/mol. The van der Waals surface area contributed by atoms with Crippen molar-refractivity contribution in [3.05, 3.63) is 59.1 Å². The molecule has 4 heterocycles. The van der Waals surface area contributed by atoms with Gasteiger partial charge >= 0.3 is 0 Å². The Morgan fingerprint density at radius 3 is 2.74 bits per heavy atom. The van der Waals surface area contributed by atoms with Crippen LogP contribution >= 0.6 is 0 Å². The van der Waals surface area contributed by atoms with Crippen molar-refractivity contribution in [2.24, 2.45) is 0 Å². The molecule has 1 aromatic heterocycles. The topological polar surface area (TPSA) is 75.9 Å². The molecule has 206 valence electrons. The highest BCUT2D eigenvalue weighted by atomic mass is 19.1. The van der Waals surface area contributed by atoms with E-state index in [0.717, 1.165) is 41.9 Å². The zero-order valence-electron chi connectivity index (χ0n) is 23.1. The van der Waals surface area contributed by atoms with Crippen LogP contribution in [0.2, 0.25) is 0 Å². The monoisotopic (exact) mass is 532 g/mol. The number of piperazine rings is 1. The summed E-state index contributed by atoms with van der Waals surface area (Å²) in [6, 6.07) is 7.78. The van der Waals surface area contributed by atoms with Crippen molar-refractivity contribution >= 4 is 17.3 Å². The highest BCUT2D eigenvalue weighted by Crippen LogP contribution is 2.39. The molecule has 0 spiro atoms. The van der Waals surface area contributed by atoms with Gasteiger partial charge in [-0.2, -0.15) is 5.26 Å². The molecule has 3 aliphatic rings. The van der Waals surface area contributed by atoms with Crippen LogP contribution < -0.4 is 14.5 Å². The molecule has 0 N–H and O–H groups in total. The maximum Gasteiger partial charge on any atom is 0.246 e. The quantitative estimate of drug-likeness (QED) is 0.526. The number of para-hydroxylation sites is 1. The van der Waals surface area contributed by atoms with Gasteiger partial charge in [-0.1, -0.05) is 18.7 Å². The molecule has 1 amide bonds. The number of ether oxygens (including phenoxy) is 1. The summed E-state index contributed by atoms with van der Waals surface area (Å²) in [5, 5.41) is 10.4. The lowest BCUT2D eigenvalue weighted by Gasteiger charge is -2.42. The lowest BCUT2D eigenvalue weighted by molar-refractivity contribution is -0.128. The number of amides is 1. The third-order valence-electron chi connectivity index (χ3n) is 8.40. The number of likely N-dealkylation sites (tertiary alicyclic amines) is 1. The number of benzene rings is 1. The number of carbonyl (C=O) groups excluding carboxylic acids is 1. The van der Waals surface area contributed by atoms with E-state index >= 15 is 0 Å². The molecule has 9 heteroatoms. The fraction of sp³-hybridized carbons (Fsp3) is 0.500. The van der Waals surface area contributed by atoms with E-state index in [1.54, 1.807) is 6.07 Å². The van der Waals surface area contributed by atoms with Crippen LogP contribution in [-0.2, 0) is 17.8 Å². The molecule has 3 aliphatic heterocycles. The van der Waals surface area contributed by atoms with Crippen LogP contribution in [0.1, 0.15) is 42.1 Å². The maximum absolute atomic E-state index is 14.9. The first-order chi connectivity index (χ1) is 18.8. The summed E-state index contributed by atoms with van der Waals surface area (Å²) in [5.41, 5.74) is 4.59. The molecule has 2 fully saturated rings. The zero-order valence-corrected chi connectivity index (χ0v) is 23.1. The lowest BCUT2D eigenvalue weighted by atomic mass is 9.96. The van der Waals surface area contributed by atoms with Gasteiger partial charge in [-0.05, 0) is 64.4 Å². The van der Waals surface area contributed by atoms with Crippen molar-refractivity contribution in [2.45, 2.75) is 51.7 Å². The van der Waals surface area contributed by atoms with Crippen LogP contribution in [0.5, 0.6) is 5.88 Å². The largest absolute Gasteiger partial charge is 0.475 e. The van der Waals surface area contributed by atoms with Gasteiger partial charge in [-0.25, -0.2) is 9.37 Å². The van der Waals surface area contributed by atoms with Gasteiger partial charge in [0.15, 0.2) is 0 Å². The molecule has 0 saturated carbocycles. The summed E-state index contributed by atoms with van der Waals surface area (Å²) in [7, 11) is 2.10. The Hall–Kier alpha value is -3.64. The predicted octanol–water partition coefficient (Wildman–Crippen LogP) is 3.66. The number of likely N-dealkylation sites (N-methyl/N-ethyl adjacent to an activating group) is 1. The summed E-state index contributed by atoms with van der Waals surface area (Å²) in [5.74, 6) is 0.0146. The summed E-state index contributed by atoms with van der Waals surface area (Å²) in [6.07, 6.45) is 4.16. The van der Waals surface area contributed by atoms with Crippen molar-refractivity contribution in [3.63, 3.8) is 0 Å². The molecule has 0 radical (unpaired) electrons. The third-order valence-corrected chi connectivity index (χ3v) is 8.40. The van der Waals surface area contributed by atoms with Crippen LogP contribution in [0.3, 0.4) is 0 Å². The molecule has 5 rings (SSSR count). The van der Waals surface area contributed by atoms with Crippen LogP contribution in [0.25, 0.3) is 0 Å². The number of aromatic nitrogens is 1. The van der Waals surface area contributed by atoms with Gasteiger partial charge in [0.2, 0.25) is 11.8 Å². The Kier molecular flexibility index (Phi) is 7.76. The van der Waals surface area contributed by atoms with Gasteiger partial charge in [0.25, 0.3) is 0 Å². The smallest absolute Gasteiger partial charge is 0.246 e. The number of rotatable bonds is 6. The molecular weight excluding hydrogens is 495 g/mol. The standard InChI is InChI=1S/C30H37FN6O2/c1-5-27(38)37-15-14-36(17-21(37)3)29-23-11-13-35(28-20(2)8-6-10-25(28)31)18-26(23)33-30(24(29)16-32)39-19-22-9-7-12-34(22)4/h5-6,8,10,21-22H,1,7,9,11-15,17-19H2,2-4H3. The van der Waals surface area contributed by atoms with Crippen molar-refractivity contribution < 1.29 is 13.9 Å². The van der Waals surface area contributed by atoms with Crippen LogP contribution in [-0.4, -0.2) is 79.2 Å². The Labute approximate surface area is 230 Å². The average molecular weight is 533 g/mol.